The van der Waals surface area contributed by atoms with E-state index in [1.807, 2.05) is 0 Å². The number of H-pyrrole nitrogens is 2. The van der Waals surface area contributed by atoms with Crippen LogP contribution in [0.4, 0.5) is 5.95 Å². The molecule has 90 valence electrons. The lowest BCUT2D eigenvalue weighted by atomic mass is 10.4. The highest BCUT2D eigenvalue weighted by Gasteiger charge is 2.16. The van der Waals surface area contributed by atoms with E-state index in [4.69, 9.17) is 11.6 Å². The van der Waals surface area contributed by atoms with Crippen molar-refractivity contribution >= 4 is 28.7 Å². The second-order valence-corrected chi connectivity index (χ2v) is 4.21. The maximum absolute atomic E-state index is 11.6. The Balaban J connectivity index is 2.06. The van der Waals surface area contributed by atoms with Gasteiger partial charge in [-0.05, 0) is 11.6 Å². The molecule has 0 saturated carbocycles. The van der Waals surface area contributed by atoms with E-state index in [1.165, 1.54) is 0 Å². The van der Waals surface area contributed by atoms with Gasteiger partial charge in [0.2, 0.25) is 11.2 Å². The van der Waals surface area contributed by atoms with Crippen LogP contribution >= 0.6 is 11.6 Å². The molecule has 3 heterocycles. The van der Waals surface area contributed by atoms with Gasteiger partial charge in [0.05, 0.1) is 0 Å². The van der Waals surface area contributed by atoms with Crippen molar-refractivity contribution in [3.05, 3.63) is 15.6 Å². The van der Waals surface area contributed by atoms with Crippen molar-refractivity contribution in [3.63, 3.8) is 0 Å². The van der Waals surface area contributed by atoms with Crippen molar-refractivity contribution in [1.29, 1.82) is 0 Å². The summed E-state index contributed by atoms with van der Waals surface area (Å²) in [4.78, 5) is 27.4. The Labute approximate surface area is 101 Å². The summed E-state index contributed by atoms with van der Waals surface area (Å²) in [6, 6.07) is 0. The van der Waals surface area contributed by atoms with Crippen LogP contribution in [0.1, 0.15) is 0 Å². The topological polar surface area (TPSA) is 89.7 Å². The minimum absolute atomic E-state index is 0.0564. The minimum atomic E-state index is -0.297. The molecular formula is C9H11ClN6O. The molecule has 1 aliphatic heterocycles. The van der Waals surface area contributed by atoms with Gasteiger partial charge in [0, 0.05) is 26.2 Å². The third-order valence-corrected chi connectivity index (χ3v) is 2.92. The first kappa shape index (κ1) is 10.5. The number of aromatic amines is 2. The molecule has 2 aromatic heterocycles. The number of hydrogen-bond donors (Lipinski definition) is 3. The summed E-state index contributed by atoms with van der Waals surface area (Å²) in [6.07, 6.45) is 0. The molecule has 0 amide bonds. The highest BCUT2D eigenvalue weighted by molar-refractivity contribution is 6.28. The van der Waals surface area contributed by atoms with Gasteiger partial charge in [-0.1, -0.05) is 0 Å². The van der Waals surface area contributed by atoms with Crippen molar-refractivity contribution in [3.8, 4) is 0 Å². The number of nitrogens with zero attached hydrogens (tertiary/aromatic N) is 3. The quantitative estimate of drug-likeness (QED) is 0.609. The van der Waals surface area contributed by atoms with Crippen molar-refractivity contribution in [2.45, 2.75) is 0 Å². The molecule has 0 aliphatic carbocycles. The average molecular weight is 255 g/mol. The number of halogens is 1. The van der Waals surface area contributed by atoms with Gasteiger partial charge >= 0.3 is 0 Å². The van der Waals surface area contributed by atoms with Crippen LogP contribution in [0.3, 0.4) is 0 Å². The summed E-state index contributed by atoms with van der Waals surface area (Å²) in [5.74, 6) is 0.668. The van der Waals surface area contributed by atoms with Crippen LogP contribution in [0.25, 0.3) is 11.2 Å². The van der Waals surface area contributed by atoms with Gasteiger partial charge < -0.3 is 15.2 Å². The maximum atomic E-state index is 11.6. The summed E-state index contributed by atoms with van der Waals surface area (Å²) < 4.78 is 0. The molecule has 1 saturated heterocycles. The van der Waals surface area contributed by atoms with Crippen molar-refractivity contribution in [2.75, 3.05) is 31.1 Å². The predicted octanol–water partition coefficient (Wildman–Crippen LogP) is -0.291. The highest BCUT2D eigenvalue weighted by atomic mass is 35.5. The molecule has 2 aromatic rings. The molecule has 0 unspecified atom stereocenters. The summed E-state index contributed by atoms with van der Waals surface area (Å²) in [7, 11) is 0. The lowest BCUT2D eigenvalue weighted by Gasteiger charge is -2.26. The van der Waals surface area contributed by atoms with Gasteiger partial charge in [0.15, 0.2) is 11.2 Å². The predicted molar refractivity (Wildman–Crippen MR) is 64.6 cm³/mol. The zero-order valence-corrected chi connectivity index (χ0v) is 9.71. The molecule has 0 spiro atoms. The first-order valence-electron chi connectivity index (χ1n) is 5.35. The third-order valence-electron chi connectivity index (χ3n) is 2.74. The molecule has 0 radical (unpaired) electrons. The molecular weight excluding hydrogens is 244 g/mol. The van der Waals surface area contributed by atoms with Crippen molar-refractivity contribution in [1.82, 2.24) is 25.3 Å². The van der Waals surface area contributed by atoms with Gasteiger partial charge in [-0.3, -0.25) is 9.78 Å². The first-order valence-corrected chi connectivity index (χ1v) is 5.73. The highest BCUT2D eigenvalue weighted by Crippen LogP contribution is 2.14. The fourth-order valence-electron chi connectivity index (χ4n) is 1.89. The maximum Gasteiger partial charge on any atom is 0.277 e. The lowest BCUT2D eigenvalue weighted by molar-refractivity contribution is 0.582. The van der Waals surface area contributed by atoms with E-state index in [2.05, 4.69) is 30.2 Å². The average Bonchev–Trinajstić information content (AvgIpc) is 2.74. The van der Waals surface area contributed by atoms with Crippen molar-refractivity contribution in [2.24, 2.45) is 0 Å². The molecule has 0 atom stereocenters. The van der Waals surface area contributed by atoms with E-state index in [1.54, 1.807) is 0 Å². The Morgan fingerprint density at radius 2 is 1.94 bits per heavy atom. The Morgan fingerprint density at radius 3 is 2.71 bits per heavy atom. The van der Waals surface area contributed by atoms with Crippen LogP contribution in [0, 0.1) is 0 Å². The number of nitrogens with one attached hydrogen (secondary N) is 3. The minimum Gasteiger partial charge on any atom is -0.340 e. The van der Waals surface area contributed by atoms with Crippen LogP contribution in [-0.2, 0) is 0 Å². The van der Waals surface area contributed by atoms with Crippen LogP contribution < -0.4 is 15.8 Å². The normalized spacial score (nSPS) is 16.6. The number of imidazole rings is 1. The van der Waals surface area contributed by atoms with E-state index in [9.17, 15) is 4.79 Å². The lowest BCUT2D eigenvalue weighted by Crippen LogP contribution is -2.44. The van der Waals surface area contributed by atoms with E-state index < -0.39 is 0 Å². The van der Waals surface area contributed by atoms with Crippen LogP contribution in [0.15, 0.2) is 4.79 Å². The molecule has 3 rings (SSSR count). The van der Waals surface area contributed by atoms with Crippen LogP contribution in [0.2, 0.25) is 5.28 Å². The fourth-order valence-corrected chi connectivity index (χ4v) is 2.06. The first-order chi connectivity index (χ1) is 8.24. The zero-order chi connectivity index (χ0) is 11.8. The Hall–Kier alpha value is -1.60. The molecule has 0 bridgehead atoms. The summed E-state index contributed by atoms with van der Waals surface area (Å²) in [5, 5.41) is 3.31. The SMILES string of the molecule is O=c1[nH]c(Cl)nc2nc(N3CCNCC3)[nH]c12. The van der Waals surface area contributed by atoms with Crippen LogP contribution in [-0.4, -0.2) is 46.1 Å². The molecule has 3 N–H and O–H groups in total. The van der Waals surface area contributed by atoms with Gasteiger partial charge in [0.1, 0.15) is 0 Å². The van der Waals surface area contributed by atoms with E-state index in [-0.39, 0.29) is 10.8 Å². The van der Waals surface area contributed by atoms with Gasteiger partial charge in [-0.15, -0.1) is 0 Å². The molecule has 0 aromatic carbocycles. The molecule has 7 nitrogen and oxygen atoms in total. The number of piperazine rings is 1. The molecule has 8 heteroatoms. The van der Waals surface area contributed by atoms with Gasteiger partial charge in [0.25, 0.3) is 5.56 Å². The largest absolute Gasteiger partial charge is 0.340 e. The number of hydrogen-bond acceptors (Lipinski definition) is 5. The molecule has 1 aliphatic rings. The Morgan fingerprint density at radius 1 is 1.18 bits per heavy atom. The number of rotatable bonds is 1. The standard InChI is InChI=1S/C9H11ClN6O/c10-8-13-6-5(7(17)15-8)12-9(14-6)16-3-1-11-2-4-16/h11H,1-4H2,(H2,12,13,14,15,17). The summed E-state index contributed by atoms with van der Waals surface area (Å²) in [5.41, 5.74) is 0.420. The second-order valence-electron chi connectivity index (χ2n) is 3.85. The second kappa shape index (κ2) is 4.01. The summed E-state index contributed by atoms with van der Waals surface area (Å²) in [6.45, 7) is 3.51. The molecule has 1 fully saturated rings. The van der Waals surface area contributed by atoms with E-state index >= 15 is 0 Å². The molecule has 17 heavy (non-hydrogen) atoms. The Kier molecular flexibility index (Phi) is 2.49. The number of anilines is 1. The Bertz CT molecular complexity index is 599. The smallest absolute Gasteiger partial charge is 0.277 e. The van der Waals surface area contributed by atoms with E-state index in [0.29, 0.717) is 17.1 Å². The van der Waals surface area contributed by atoms with Gasteiger partial charge in [-0.2, -0.15) is 9.97 Å². The third kappa shape index (κ3) is 1.87. The van der Waals surface area contributed by atoms with E-state index in [0.717, 1.165) is 26.2 Å². The monoisotopic (exact) mass is 254 g/mol. The number of fused-ring (bicyclic) bond motifs is 1. The van der Waals surface area contributed by atoms with Crippen molar-refractivity contribution < 1.29 is 0 Å². The van der Waals surface area contributed by atoms with Crippen LogP contribution in [0.5, 0.6) is 0 Å². The zero-order valence-electron chi connectivity index (χ0n) is 8.96. The summed E-state index contributed by atoms with van der Waals surface area (Å²) >= 11 is 5.67. The fraction of sp³-hybridized carbons (Fsp3) is 0.444. The number of aromatic nitrogens is 4. The van der Waals surface area contributed by atoms with Gasteiger partial charge in [-0.25, -0.2) is 0 Å².